The lowest BCUT2D eigenvalue weighted by Gasteiger charge is -2.05. The molecule has 1 aromatic rings. The van der Waals surface area contributed by atoms with Gasteiger partial charge in [0.15, 0.2) is 0 Å². The molecule has 0 fully saturated rings. The zero-order valence-electron chi connectivity index (χ0n) is 7.95. The van der Waals surface area contributed by atoms with Crippen LogP contribution in [0.25, 0.3) is 0 Å². The molecule has 0 spiro atoms. The van der Waals surface area contributed by atoms with Gasteiger partial charge >= 0.3 is 0 Å². The third kappa shape index (κ3) is 2.24. The molecule has 1 rings (SSSR count). The quantitative estimate of drug-likeness (QED) is 0.723. The minimum absolute atomic E-state index is 0.314. The number of nitrogens with zero attached hydrogens (tertiary/aromatic N) is 2. The number of rotatable bonds is 3. The number of hydrogen-bond donors (Lipinski definition) is 0. The fourth-order valence-electron chi connectivity index (χ4n) is 1.24. The monoisotopic (exact) mass is 186 g/mol. The Hall–Kier alpha value is -2.00. The summed E-state index contributed by atoms with van der Waals surface area (Å²) in [6, 6.07) is 9.57. The van der Waals surface area contributed by atoms with Crippen molar-refractivity contribution >= 4 is 0 Å². The molecular weight excluding hydrogens is 176 g/mol. The fourth-order valence-corrected chi connectivity index (χ4v) is 1.24. The van der Waals surface area contributed by atoms with Crippen molar-refractivity contribution < 1.29 is 4.74 Å². The van der Waals surface area contributed by atoms with Gasteiger partial charge in [-0.15, -0.1) is 0 Å². The summed E-state index contributed by atoms with van der Waals surface area (Å²) in [5.74, 6) is 0.719. The first-order valence-corrected chi connectivity index (χ1v) is 4.21. The van der Waals surface area contributed by atoms with E-state index >= 15 is 0 Å². The van der Waals surface area contributed by atoms with E-state index in [4.69, 9.17) is 15.3 Å². The fraction of sp³-hybridized carbons (Fsp3) is 0.273. The van der Waals surface area contributed by atoms with E-state index in [0.29, 0.717) is 12.8 Å². The summed E-state index contributed by atoms with van der Waals surface area (Å²) in [6.07, 6.45) is 0.648. The second-order valence-corrected chi connectivity index (χ2v) is 2.80. The van der Waals surface area contributed by atoms with Crippen molar-refractivity contribution in [2.75, 3.05) is 7.11 Å². The second-order valence-electron chi connectivity index (χ2n) is 2.80. The Bertz CT molecular complexity index is 399. The van der Waals surface area contributed by atoms with Crippen LogP contribution in [0.15, 0.2) is 18.2 Å². The van der Waals surface area contributed by atoms with Crippen LogP contribution in [0.2, 0.25) is 0 Å². The maximum Gasteiger partial charge on any atom is 0.119 e. The van der Waals surface area contributed by atoms with Gasteiger partial charge in [0.1, 0.15) is 5.75 Å². The zero-order valence-corrected chi connectivity index (χ0v) is 7.95. The Balaban J connectivity index is 3.06. The SMILES string of the molecule is COc1ccc(CC#N)c(CC#N)c1. The molecule has 0 aliphatic carbocycles. The highest BCUT2D eigenvalue weighted by molar-refractivity contribution is 5.38. The highest BCUT2D eigenvalue weighted by Crippen LogP contribution is 2.18. The first-order chi connectivity index (χ1) is 6.81. The Morgan fingerprint density at radius 3 is 2.36 bits per heavy atom. The van der Waals surface area contributed by atoms with Crippen molar-refractivity contribution in [3.63, 3.8) is 0 Å². The lowest BCUT2D eigenvalue weighted by atomic mass is 10.0. The average Bonchev–Trinajstić information content (AvgIpc) is 2.21. The number of methoxy groups -OCH3 is 1. The van der Waals surface area contributed by atoms with Gasteiger partial charge in [-0.3, -0.25) is 0 Å². The summed E-state index contributed by atoms with van der Waals surface area (Å²) < 4.78 is 5.04. The third-order valence-corrected chi connectivity index (χ3v) is 1.95. The summed E-state index contributed by atoms with van der Waals surface area (Å²) in [6.45, 7) is 0. The third-order valence-electron chi connectivity index (χ3n) is 1.95. The highest BCUT2D eigenvalue weighted by Gasteiger charge is 2.03. The van der Waals surface area contributed by atoms with Crippen LogP contribution < -0.4 is 4.74 Å². The molecule has 0 saturated heterocycles. The number of nitriles is 2. The molecule has 14 heavy (non-hydrogen) atoms. The van der Waals surface area contributed by atoms with Crippen molar-refractivity contribution in [1.82, 2.24) is 0 Å². The summed E-state index contributed by atoms with van der Waals surface area (Å²) in [5, 5.41) is 17.2. The van der Waals surface area contributed by atoms with Crippen LogP contribution >= 0.6 is 0 Å². The van der Waals surface area contributed by atoms with Crippen molar-refractivity contribution in [3.8, 4) is 17.9 Å². The topological polar surface area (TPSA) is 56.8 Å². The van der Waals surface area contributed by atoms with Gasteiger partial charge in [0.2, 0.25) is 0 Å². The Morgan fingerprint density at radius 1 is 1.14 bits per heavy atom. The predicted octanol–water partition coefficient (Wildman–Crippen LogP) is 1.83. The van der Waals surface area contributed by atoms with E-state index in [1.807, 2.05) is 6.07 Å². The van der Waals surface area contributed by atoms with Gasteiger partial charge in [0.05, 0.1) is 32.1 Å². The van der Waals surface area contributed by atoms with Gasteiger partial charge < -0.3 is 4.74 Å². The van der Waals surface area contributed by atoms with E-state index in [2.05, 4.69) is 12.1 Å². The molecule has 0 heterocycles. The maximum absolute atomic E-state index is 8.60. The van der Waals surface area contributed by atoms with E-state index in [0.717, 1.165) is 16.9 Å². The van der Waals surface area contributed by atoms with Crippen molar-refractivity contribution in [2.45, 2.75) is 12.8 Å². The van der Waals surface area contributed by atoms with Crippen molar-refractivity contribution in [3.05, 3.63) is 29.3 Å². The van der Waals surface area contributed by atoms with Gasteiger partial charge in [-0.05, 0) is 23.3 Å². The lowest BCUT2D eigenvalue weighted by molar-refractivity contribution is 0.414. The standard InChI is InChI=1S/C11H10N2O/c1-14-11-3-2-9(4-6-12)10(8-11)5-7-13/h2-3,8H,4-5H2,1H3. The molecule has 0 bridgehead atoms. The van der Waals surface area contributed by atoms with E-state index in [1.54, 1.807) is 19.2 Å². The summed E-state index contributed by atoms with van der Waals surface area (Å²) in [5.41, 5.74) is 1.77. The molecule has 70 valence electrons. The van der Waals surface area contributed by atoms with Crippen molar-refractivity contribution in [2.24, 2.45) is 0 Å². The molecule has 1 aromatic carbocycles. The molecule has 3 heteroatoms. The van der Waals surface area contributed by atoms with Gasteiger partial charge in [-0.25, -0.2) is 0 Å². The highest BCUT2D eigenvalue weighted by atomic mass is 16.5. The van der Waals surface area contributed by atoms with Crippen LogP contribution in [0.4, 0.5) is 0 Å². The Morgan fingerprint density at radius 2 is 1.79 bits per heavy atom. The first-order valence-electron chi connectivity index (χ1n) is 4.21. The Labute approximate surface area is 83.2 Å². The average molecular weight is 186 g/mol. The molecular formula is C11H10N2O. The van der Waals surface area contributed by atoms with Gasteiger partial charge in [-0.2, -0.15) is 10.5 Å². The number of benzene rings is 1. The van der Waals surface area contributed by atoms with Crippen LogP contribution in [-0.4, -0.2) is 7.11 Å². The minimum Gasteiger partial charge on any atom is -0.497 e. The van der Waals surface area contributed by atoms with Crippen LogP contribution in [-0.2, 0) is 12.8 Å². The molecule has 0 unspecified atom stereocenters. The largest absolute Gasteiger partial charge is 0.497 e. The van der Waals surface area contributed by atoms with E-state index < -0.39 is 0 Å². The molecule has 0 saturated carbocycles. The zero-order chi connectivity index (χ0) is 10.4. The van der Waals surface area contributed by atoms with E-state index in [1.165, 1.54) is 0 Å². The summed E-state index contributed by atoms with van der Waals surface area (Å²) in [7, 11) is 1.58. The van der Waals surface area contributed by atoms with Crippen molar-refractivity contribution in [1.29, 1.82) is 10.5 Å². The van der Waals surface area contributed by atoms with Crippen LogP contribution in [0, 0.1) is 22.7 Å². The van der Waals surface area contributed by atoms with Crippen LogP contribution in [0.5, 0.6) is 5.75 Å². The van der Waals surface area contributed by atoms with Gasteiger partial charge in [0.25, 0.3) is 0 Å². The van der Waals surface area contributed by atoms with E-state index in [-0.39, 0.29) is 0 Å². The number of hydrogen-bond acceptors (Lipinski definition) is 3. The van der Waals surface area contributed by atoms with Gasteiger partial charge in [-0.1, -0.05) is 6.07 Å². The first kappa shape index (κ1) is 10.1. The van der Waals surface area contributed by atoms with Crippen LogP contribution in [0.1, 0.15) is 11.1 Å². The smallest absolute Gasteiger partial charge is 0.119 e. The predicted molar refractivity (Wildman–Crippen MR) is 51.6 cm³/mol. The normalized spacial score (nSPS) is 8.79. The molecule has 0 aromatic heterocycles. The maximum atomic E-state index is 8.60. The van der Waals surface area contributed by atoms with Crippen LogP contribution in [0.3, 0.4) is 0 Å². The summed E-state index contributed by atoms with van der Waals surface area (Å²) >= 11 is 0. The molecule has 0 atom stereocenters. The molecule has 0 amide bonds. The minimum atomic E-state index is 0.314. The second kappa shape index (κ2) is 4.89. The molecule has 0 N–H and O–H groups in total. The summed E-state index contributed by atoms with van der Waals surface area (Å²) in [4.78, 5) is 0. The molecule has 0 aliphatic heterocycles. The molecule has 0 aliphatic rings. The molecule has 0 radical (unpaired) electrons. The van der Waals surface area contributed by atoms with Gasteiger partial charge in [0, 0.05) is 0 Å². The molecule has 3 nitrogen and oxygen atoms in total. The Kier molecular flexibility index (Phi) is 3.52. The lowest BCUT2D eigenvalue weighted by Crippen LogP contribution is -1.93. The number of ether oxygens (including phenoxy) is 1. The van der Waals surface area contributed by atoms with E-state index in [9.17, 15) is 0 Å².